The van der Waals surface area contributed by atoms with Crippen molar-refractivity contribution in [3.63, 3.8) is 0 Å². The van der Waals surface area contributed by atoms with Gasteiger partial charge in [-0.05, 0) is 24.6 Å². The van der Waals surface area contributed by atoms with Gasteiger partial charge in [0, 0.05) is 16.6 Å². The molecule has 6 heteroatoms. The van der Waals surface area contributed by atoms with E-state index in [-0.39, 0.29) is 12.1 Å². The molecule has 0 radical (unpaired) electrons. The summed E-state index contributed by atoms with van der Waals surface area (Å²) >= 11 is 3.19. The van der Waals surface area contributed by atoms with Gasteiger partial charge >= 0.3 is 6.18 Å². The van der Waals surface area contributed by atoms with Gasteiger partial charge in [0.2, 0.25) is 0 Å². The number of alkyl halides is 3. The molecule has 0 saturated heterocycles. The van der Waals surface area contributed by atoms with E-state index in [0.717, 1.165) is 4.90 Å². The van der Waals surface area contributed by atoms with E-state index in [1.165, 1.54) is 12.1 Å². The monoisotopic (exact) mass is 323 g/mol. The molecular weight excluding hydrogens is 311 g/mol. The van der Waals surface area contributed by atoms with Crippen LogP contribution in [0.4, 0.5) is 13.2 Å². The summed E-state index contributed by atoms with van der Waals surface area (Å²) in [6.45, 7) is 0.606. The van der Waals surface area contributed by atoms with Gasteiger partial charge in [0.05, 0.1) is 0 Å². The van der Waals surface area contributed by atoms with Gasteiger partial charge in [-0.1, -0.05) is 28.9 Å². The maximum atomic E-state index is 12.4. The Kier molecular flexibility index (Phi) is 5.19. The van der Waals surface area contributed by atoms with Crippen LogP contribution in [0.3, 0.4) is 0 Å². The number of hydrogen-bond acceptors (Lipinski definition) is 1. The van der Waals surface area contributed by atoms with Gasteiger partial charge in [0.15, 0.2) is 0 Å². The molecule has 0 saturated carbocycles. The zero-order valence-electron chi connectivity index (χ0n) is 9.80. The first-order valence-corrected chi connectivity index (χ1v) is 6.24. The van der Waals surface area contributed by atoms with E-state index >= 15 is 0 Å². The summed E-state index contributed by atoms with van der Waals surface area (Å²) in [5.41, 5.74) is 0.252. The van der Waals surface area contributed by atoms with E-state index in [2.05, 4.69) is 15.9 Å². The molecule has 0 spiro atoms. The second kappa shape index (κ2) is 6.22. The highest BCUT2D eigenvalue weighted by molar-refractivity contribution is 9.10. The van der Waals surface area contributed by atoms with Crippen molar-refractivity contribution in [2.24, 2.45) is 0 Å². The van der Waals surface area contributed by atoms with Gasteiger partial charge < -0.3 is 4.90 Å². The minimum Gasteiger partial charge on any atom is -0.330 e. The standard InChI is InChI=1S/C12H13BrF3NO/c1-2-6-17(8-12(14,15)16)11(18)9-4-3-5-10(13)7-9/h3-5,7H,2,6,8H2,1H3. The van der Waals surface area contributed by atoms with E-state index in [1.807, 2.05) is 0 Å². The van der Waals surface area contributed by atoms with E-state index in [1.54, 1.807) is 19.1 Å². The Morgan fingerprint density at radius 2 is 2.06 bits per heavy atom. The fourth-order valence-corrected chi connectivity index (χ4v) is 1.94. The number of hydrogen-bond donors (Lipinski definition) is 0. The van der Waals surface area contributed by atoms with Crippen LogP contribution in [0.15, 0.2) is 28.7 Å². The molecule has 0 aromatic heterocycles. The summed E-state index contributed by atoms with van der Waals surface area (Å²) in [5.74, 6) is -0.601. The van der Waals surface area contributed by atoms with Crippen LogP contribution in [0, 0.1) is 0 Å². The zero-order chi connectivity index (χ0) is 13.8. The van der Waals surface area contributed by atoms with E-state index in [9.17, 15) is 18.0 Å². The van der Waals surface area contributed by atoms with Crippen LogP contribution in [0.25, 0.3) is 0 Å². The third kappa shape index (κ3) is 4.68. The van der Waals surface area contributed by atoms with Crippen LogP contribution < -0.4 is 0 Å². The summed E-state index contributed by atoms with van der Waals surface area (Å²) in [6.07, 6.45) is -3.90. The lowest BCUT2D eigenvalue weighted by Crippen LogP contribution is -2.39. The molecule has 2 nitrogen and oxygen atoms in total. The van der Waals surface area contributed by atoms with Crippen LogP contribution in [0.5, 0.6) is 0 Å². The minimum atomic E-state index is -4.38. The molecule has 0 heterocycles. The van der Waals surface area contributed by atoms with Crippen LogP contribution in [0.1, 0.15) is 23.7 Å². The van der Waals surface area contributed by atoms with Gasteiger partial charge in [-0.3, -0.25) is 4.79 Å². The fourth-order valence-electron chi connectivity index (χ4n) is 1.54. The third-order valence-electron chi connectivity index (χ3n) is 2.22. The number of carbonyl (C=O) groups is 1. The molecule has 0 aliphatic carbocycles. The second-order valence-corrected chi connectivity index (χ2v) is 4.77. The third-order valence-corrected chi connectivity index (χ3v) is 2.72. The van der Waals surface area contributed by atoms with Gasteiger partial charge in [-0.15, -0.1) is 0 Å². The lowest BCUT2D eigenvalue weighted by molar-refractivity contribution is -0.140. The summed E-state index contributed by atoms with van der Waals surface area (Å²) in [6, 6.07) is 6.35. The van der Waals surface area contributed by atoms with Crippen molar-refractivity contribution in [1.29, 1.82) is 0 Å². The molecule has 1 amide bonds. The van der Waals surface area contributed by atoms with Crippen LogP contribution in [-0.4, -0.2) is 30.1 Å². The predicted octanol–water partition coefficient (Wildman–Crippen LogP) is 3.86. The SMILES string of the molecule is CCCN(CC(F)(F)F)C(=O)c1cccc(Br)c1. The van der Waals surface area contributed by atoms with Crippen molar-refractivity contribution in [2.45, 2.75) is 19.5 Å². The normalized spacial score (nSPS) is 11.4. The maximum absolute atomic E-state index is 12.4. The Morgan fingerprint density at radius 3 is 2.56 bits per heavy atom. The van der Waals surface area contributed by atoms with Crippen molar-refractivity contribution in [2.75, 3.05) is 13.1 Å². The van der Waals surface area contributed by atoms with Gasteiger partial charge in [-0.25, -0.2) is 0 Å². The first-order valence-electron chi connectivity index (χ1n) is 5.45. The Balaban J connectivity index is 2.89. The molecule has 0 N–H and O–H groups in total. The van der Waals surface area contributed by atoms with E-state index in [4.69, 9.17) is 0 Å². The Labute approximate surface area is 112 Å². The van der Waals surface area contributed by atoms with E-state index in [0.29, 0.717) is 10.9 Å². The number of nitrogens with zero attached hydrogens (tertiary/aromatic N) is 1. The smallest absolute Gasteiger partial charge is 0.330 e. The Bertz CT molecular complexity index is 420. The maximum Gasteiger partial charge on any atom is 0.406 e. The molecule has 1 aromatic rings. The van der Waals surface area contributed by atoms with Crippen LogP contribution in [0.2, 0.25) is 0 Å². The quantitative estimate of drug-likeness (QED) is 0.823. The highest BCUT2D eigenvalue weighted by atomic mass is 79.9. The molecule has 100 valence electrons. The highest BCUT2D eigenvalue weighted by Gasteiger charge is 2.32. The minimum absolute atomic E-state index is 0.0882. The molecule has 0 bridgehead atoms. The van der Waals surface area contributed by atoms with Gasteiger partial charge in [0.25, 0.3) is 5.91 Å². The van der Waals surface area contributed by atoms with Crippen molar-refractivity contribution < 1.29 is 18.0 Å². The molecule has 0 fully saturated rings. The predicted molar refractivity (Wildman–Crippen MR) is 66.4 cm³/mol. The largest absolute Gasteiger partial charge is 0.406 e. The van der Waals surface area contributed by atoms with E-state index < -0.39 is 18.6 Å². The van der Waals surface area contributed by atoms with Crippen molar-refractivity contribution in [1.82, 2.24) is 4.90 Å². The fraction of sp³-hybridized carbons (Fsp3) is 0.417. The molecule has 1 aromatic carbocycles. The summed E-state index contributed by atoms with van der Waals surface area (Å²) < 4.78 is 37.8. The topological polar surface area (TPSA) is 20.3 Å². The highest BCUT2D eigenvalue weighted by Crippen LogP contribution is 2.19. The molecular formula is C12H13BrF3NO. The van der Waals surface area contributed by atoms with Crippen LogP contribution in [-0.2, 0) is 0 Å². The second-order valence-electron chi connectivity index (χ2n) is 3.85. The first kappa shape index (κ1) is 15.0. The zero-order valence-corrected chi connectivity index (χ0v) is 11.4. The molecule has 0 aliphatic rings. The number of rotatable bonds is 4. The number of amides is 1. The summed E-state index contributed by atoms with van der Waals surface area (Å²) in [7, 11) is 0. The number of benzene rings is 1. The summed E-state index contributed by atoms with van der Waals surface area (Å²) in [4.78, 5) is 12.8. The Hall–Kier alpha value is -1.04. The van der Waals surface area contributed by atoms with Crippen molar-refractivity contribution in [3.8, 4) is 0 Å². The summed E-state index contributed by atoms with van der Waals surface area (Å²) in [5, 5.41) is 0. The van der Waals surface area contributed by atoms with Crippen molar-refractivity contribution >= 4 is 21.8 Å². The molecule has 0 unspecified atom stereocenters. The van der Waals surface area contributed by atoms with Crippen molar-refractivity contribution in [3.05, 3.63) is 34.3 Å². The number of halogens is 4. The van der Waals surface area contributed by atoms with Gasteiger partial charge in [-0.2, -0.15) is 13.2 Å². The first-order chi connectivity index (χ1) is 8.33. The lowest BCUT2D eigenvalue weighted by Gasteiger charge is -2.23. The Morgan fingerprint density at radius 1 is 1.39 bits per heavy atom. The average molecular weight is 324 g/mol. The lowest BCUT2D eigenvalue weighted by atomic mass is 10.2. The van der Waals surface area contributed by atoms with Crippen LogP contribution >= 0.6 is 15.9 Å². The van der Waals surface area contributed by atoms with Gasteiger partial charge in [0.1, 0.15) is 6.54 Å². The molecule has 0 aliphatic heterocycles. The molecule has 18 heavy (non-hydrogen) atoms. The average Bonchev–Trinajstić information content (AvgIpc) is 2.26. The molecule has 1 rings (SSSR count). The molecule has 0 atom stereocenters. The number of carbonyl (C=O) groups excluding carboxylic acids is 1.